The Hall–Kier alpha value is -2.38. The monoisotopic (exact) mass is 361 g/mol. The molecular formula is C18H27N5O3. The Kier molecular flexibility index (Phi) is 5.90. The number of hydrogen-bond acceptors (Lipinski definition) is 5. The Bertz CT molecular complexity index is 628. The summed E-state index contributed by atoms with van der Waals surface area (Å²) in [4.78, 5) is 25.4. The molecule has 1 aliphatic heterocycles. The molecule has 142 valence electrons. The van der Waals surface area contributed by atoms with Gasteiger partial charge in [0.05, 0.1) is 11.6 Å². The van der Waals surface area contributed by atoms with Crippen molar-refractivity contribution < 1.29 is 14.7 Å². The molecule has 3 N–H and O–H groups in total. The molecule has 2 aliphatic rings. The smallest absolute Gasteiger partial charge is 0.315 e. The van der Waals surface area contributed by atoms with Crippen LogP contribution in [0.1, 0.15) is 44.2 Å². The maximum absolute atomic E-state index is 12.3. The van der Waals surface area contributed by atoms with E-state index in [0.29, 0.717) is 12.8 Å². The van der Waals surface area contributed by atoms with E-state index in [1.165, 1.54) is 0 Å². The normalized spacial score (nSPS) is 26.2. The van der Waals surface area contributed by atoms with E-state index in [4.69, 9.17) is 5.11 Å². The molecule has 8 heteroatoms. The van der Waals surface area contributed by atoms with Gasteiger partial charge in [-0.05, 0) is 57.6 Å². The predicted molar refractivity (Wildman–Crippen MR) is 97.1 cm³/mol. The van der Waals surface area contributed by atoms with Crippen molar-refractivity contribution in [1.82, 2.24) is 20.8 Å². The lowest BCUT2D eigenvalue weighted by Gasteiger charge is -2.34. The van der Waals surface area contributed by atoms with Gasteiger partial charge >= 0.3 is 12.0 Å². The lowest BCUT2D eigenvalue weighted by Crippen LogP contribution is -2.53. The number of nitrogens with zero attached hydrogens (tertiary/aromatic N) is 3. The van der Waals surface area contributed by atoms with Gasteiger partial charge in [-0.2, -0.15) is 5.10 Å². The summed E-state index contributed by atoms with van der Waals surface area (Å²) in [6.07, 6.45) is 4.63. The number of amides is 2. The fraction of sp³-hybridized carbons (Fsp3) is 0.667. The largest absolute Gasteiger partial charge is 0.481 e. The van der Waals surface area contributed by atoms with E-state index in [-0.39, 0.29) is 24.0 Å². The summed E-state index contributed by atoms with van der Waals surface area (Å²) >= 11 is 0. The second-order valence-corrected chi connectivity index (χ2v) is 7.32. The Morgan fingerprint density at radius 3 is 2.46 bits per heavy atom. The topological polar surface area (TPSA) is 107 Å². The molecule has 3 rings (SSSR count). The van der Waals surface area contributed by atoms with E-state index in [9.17, 15) is 9.59 Å². The summed E-state index contributed by atoms with van der Waals surface area (Å²) in [7, 11) is 0. The molecule has 26 heavy (non-hydrogen) atoms. The Labute approximate surface area is 153 Å². The molecule has 2 amide bonds. The van der Waals surface area contributed by atoms with Crippen molar-refractivity contribution in [2.24, 2.45) is 5.92 Å². The molecule has 2 heterocycles. The minimum absolute atomic E-state index is 0.0632. The zero-order valence-electron chi connectivity index (χ0n) is 15.1. The quantitative estimate of drug-likeness (QED) is 0.753. The zero-order chi connectivity index (χ0) is 18.5. The fourth-order valence-electron chi connectivity index (χ4n) is 3.76. The molecular weight excluding hydrogens is 334 g/mol. The number of carboxylic acids is 1. The van der Waals surface area contributed by atoms with Gasteiger partial charge in [0.15, 0.2) is 5.82 Å². The van der Waals surface area contributed by atoms with Gasteiger partial charge in [0.2, 0.25) is 0 Å². The lowest BCUT2D eigenvalue weighted by molar-refractivity contribution is -0.142. The lowest BCUT2D eigenvalue weighted by atomic mass is 9.86. The zero-order valence-corrected chi connectivity index (χ0v) is 15.1. The first-order chi connectivity index (χ1) is 12.5. The summed E-state index contributed by atoms with van der Waals surface area (Å²) in [5.74, 6) is -0.150. The maximum atomic E-state index is 12.3. The molecule has 0 spiro atoms. The van der Waals surface area contributed by atoms with Gasteiger partial charge in [-0.15, -0.1) is 5.10 Å². The number of carboxylic acid groups (broad SMARTS) is 1. The summed E-state index contributed by atoms with van der Waals surface area (Å²) in [5.41, 5.74) is 0.887. The van der Waals surface area contributed by atoms with E-state index in [2.05, 4.69) is 25.7 Å². The minimum Gasteiger partial charge on any atom is -0.481 e. The third kappa shape index (κ3) is 4.83. The third-order valence-electron chi connectivity index (χ3n) is 5.28. The van der Waals surface area contributed by atoms with Crippen LogP contribution in [-0.4, -0.2) is 52.5 Å². The highest BCUT2D eigenvalue weighted by Gasteiger charge is 2.28. The van der Waals surface area contributed by atoms with Crippen molar-refractivity contribution >= 4 is 17.8 Å². The van der Waals surface area contributed by atoms with Crippen LogP contribution in [0.3, 0.4) is 0 Å². The van der Waals surface area contributed by atoms with E-state index in [1.54, 1.807) is 0 Å². The first-order valence-corrected chi connectivity index (χ1v) is 9.36. The molecule has 1 aromatic rings. The van der Waals surface area contributed by atoms with Gasteiger partial charge in [-0.1, -0.05) is 0 Å². The molecule has 8 nitrogen and oxygen atoms in total. The molecule has 1 aromatic heterocycles. The number of carbonyl (C=O) groups is 2. The van der Waals surface area contributed by atoms with Crippen LogP contribution in [0, 0.1) is 12.8 Å². The SMILES string of the molecule is Cc1ccc(N2CCCC(NC(=O)NC3CCC(C(=O)O)CC3)C2)nn1. The van der Waals surface area contributed by atoms with Crippen LogP contribution in [0.4, 0.5) is 10.6 Å². The number of rotatable bonds is 4. The average molecular weight is 361 g/mol. The molecule has 1 saturated carbocycles. The van der Waals surface area contributed by atoms with Gasteiger partial charge in [0, 0.05) is 25.2 Å². The highest BCUT2D eigenvalue weighted by Crippen LogP contribution is 2.24. The van der Waals surface area contributed by atoms with Crippen molar-refractivity contribution in [3.63, 3.8) is 0 Å². The summed E-state index contributed by atoms with van der Waals surface area (Å²) in [5, 5.41) is 23.4. The standard InChI is InChI=1S/C18H27N5O3/c1-12-4-9-16(22-21-12)23-10-2-3-15(11-23)20-18(26)19-14-7-5-13(6-8-14)17(24)25/h4,9,13-15H,2-3,5-8,10-11H2,1H3,(H,24,25)(H2,19,20,26). The van der Waals surface area contributed by atoms with E-state index in [0.717, 1.165) is 50.3 Å². The Morgan fingerprint density at radius 1 is 1.08 bits per heavy atom. The molecule has 0 bridgehead atoms. The van der Waals surface area contributed by atoms with E-state index < -0.39 is 5.97 Å². The Morgan fingerprint density at radius 2 is 1.81 bits per heavy atom. The molecule has 1 unspecified atom stereocenters. The predicted octanol–water partition coefficient (Wildman–Crippen LogP) is 1.70. The molecule has 2 fully saturated rings. The van der Waals surface area contributed by atoms with Crippen molar-refractivity contribution in [2.45, 2.75) is 57.5 Å². The van der Waals surface area contributed by atoms with E-state index in [1.807, 2.05) is 19.1 Å². The maximum Gasteiger partial charge on any atom is 0.315 e. The number of aromatic nitrogens is 2. The highest BCUT2D eigenvalue weighted by molar-refractivity contribution is 5.75. The van der Waals surface area contributed by atoms with Crippen molar-refractivity contribution in [2.75, 3.05) is 18.0 Å². The van der Waals surface area contributed by atoms with Gasteiger partial charge < -0.3 is 20.6 Å². The molecule has 0 radical (unpaired) electrons. The highest BCUT2D eigenvalue weighted by atomic mass is 16.4. The summed E-state index contributed by atoms with van der Waals surface area (Å²) < 4.78 is 0. The van der Waals surface area contributed by atoms with Crippen LogP contribution >= 0.6 is 0 Å². The number of aliphatic carboxylic acids is 1. The molecule has 1 saturated heterocycles. The number of piperidine rings is 1. The molecule has 1 aliphatic carbocycles. The number of nitrogens with one attached hydrogen (secondary N) is 2. The number of urea groups is 1. The average Bonchev–Trinajstić information content (AvgIpc) is 2.63. The first-order valence-electron chi connectivity index (χ1n) is 9.36. The van der Waals surface area contributed by atoms with Crippen molar-refractivity contribution in [3.05, 3.63) is 17.8 Å². The van der Waals surface area contributed by atoms with Gasteiger partial charge in [-0.25, -0.2) is 4.79 Å². The number of anilines is 1. The summed E-state index contributed by atoms with van der Waals surface area (Å²) in [6.45, 7) is 3.54. The molecule has 0 aromatic carbocycles. The van der Waals surface area contributed by atoms with Crippen LogP contribution in [0.25, 0.3) is 0 Å². The third-order valence-corrected chi connectivity index (χ3v) is 5.28. The van der Waals surface area contributed by atoms with Gasteiger partial charge in [0.1, 0.15) is 0 Å². The van der Waals surface area contributed by atoms with E-state index >= 15 is 0 Å². The number of hydrogen-bond donors (Lipinski definition) is 3. The van der Waals surface area contributed by atoms with Crippen molar-refractivity contribution in [3.8, 4) is 0 Å². The van der Waals surface area contributed by atoms with Crippen LogP contribution in [0.15, 0.2) is 12.1 Å². The Balaban J connectivity index is 1.45. The van der Waals surface area contributed by atoms with Crippen molar-refractivity contribution in [1.29, 1.82) is 0 Å². The van der Waals surface area contributed by atoms with Crippen LogP contribution in [0.5, 0.6) is 0 Å². The first kappa shape index (κ1) is 18.4. The summed E-state index contributed by atoms with van der Waals surface area (Å²) in [6, 6.07) is 3.88. The number of carbonyl (C=O) groups excluding carboxylic acids is 1. The van der Waals surface area contributed by atoms with Crippen LogP contribution < -0.4 is 15.5 Å². The molecule has 1 atom stereocenters. The second-order valence-electron chi connectivity index (χ2n) is 7.32. The van der Waals surface area contributed by atoms with Crippen LogP contribution in [-0.2, 0) is 4.79 Å². The van der Waals surface area contributed by atoms with Gasteiger partial charge in [-0.3, -0.25) is 4.79 Å². The fourth-order valence-corrected chi connectivity index (χ4v) is 3.76. The number of aryl methyl sites for hydroxylation is 1. The van der Waals surface area contributed by atoms with Crippen LogP contribution in [0.2, 0.25) is 0 Å². The second kappa shape index (κ2) is 8.33. The minimum atomic E-state index is -0.727. The van der Waals surface area contributed by atoms with Gasteiger partial charge in [0.25, 0.3) is 0 Å².